The molecular formula is C10H17N3O3. The maximum atomic E-state index is 8.87. The third kappa shape index (κ3) is 4.00. The van der Waals surface area contributed by atoms with Gasteiger partial charge in [0.25, 0.3) is 0 Å². The van der Waals surface area contributed by atoms with E-state index in [1.807, 2.05) is 0 Å². The highest BCUT2D eigenvalue weighted by molar-refractivity contribution is 5.28. The summed E-state index contributed by atoms with van der Waals surface area (Å²) in [6.07, 6.45) is 3.75. The molecule has 0 aliphatic rings. The minimum Gasteiger partial charge on any atom is -0.494 e. The molecule has 0 bridgehead atoms. The van der Waals surface area contributed by atoms with Crippen molar-refractivity contribution in [3.05, 3.63) is 12.4 Å². The van der Waals surface area contributed by atoms with Crippen LogP contribution < -0.4 is 10.1 Å². The first-order valence-electron chi connectivity index (χ1n) is 5.02. The molecule has 0 fully saturated rings. The van der Waals surface area contributed by atoms with Crippen molar-refractivity contribution < 1.29 is 14.6 Å². The lowest BCUT2D eigenvalue weighted by molar-refractivity contribution is 0.170. The fraction of sp³-hybridized carbons (Fsp3) is 0.600. The van der Waals surface area contributed by atoms with E-state index in [1.165, 1.54) is 0 Å². The van der Waals surface area contributed by atoms with E-state index in [9.17, 15) is 0 Å². The maximum Gasteiger partial charge on any atom is 0.223 e. The van der Waals surface area contributed by atoms with Crippen LogP contribution in [-0.2, 0) is 4.74 Å². The molecule has 0 saturated heterocycles. The van der Waals surface area contributed by atoms with Crippen LogP contribution in [0.15, 0.2) is 12.4 Å². The Balaban J connectivity index is 2.54. The summed E-state index contributed by atoms with van der Waals surface area (Å²) >= 11 is 0. The Labute approximate surface area is 94.6 Å². The molecule has 0 aromatic carbocycles. The van der Waals surface area contributed by atoms with Gasteiger partial charge >= 0.3 is 0 Å². The Morgan fingerprint density at radius 2 is 2.06 bits per heavy atom. The molecule has 0 radical (unpaired) electrons. The average Bonchev–Trinajstić information content (AvgIpc) is 2.31. The molecule has 0 aliphatic heterocycles. The lowest BCUT2D eigenvalue weighted by Gasteiger charge is -2.16. The average molecular weight is 227 g/mol. The molecule has 1 heterocycles. The van der Waals surface area contributed by atoms with E-state index in [1.54, 1.807) is 26.6 Å². The molecule has 1 aromatic rings. The number of hydrogen-bond donors (Lipinski definition) is 2. The van der Waals surface area contributed by atoms with Gasteiger partial charge in [-0.05, 0) is 6.42 Å². The first-order chi connectivity index (χ1) is 7.80. The Kier molecular flexibility index (Phi) is 5.52. The minimum absolute atomic E-state index is 0.00314. The van der Waals surface area contributed by atoms with Gasteiger partial charge in [-0.2, -0.15) is 0 Å². The van der Waals surface area contributed by atoms with Crippen LogP contribution in [0, 0.1) is 0 Å². The zero-order chi connectivity index (χ0) is 11.8. The normalized spacial score (nSPS) is 12.2. The van der Waals surface area contributed by atoms with Gasteiger partial charge in [-0.1, -0.05) is 0 Å². The number of nitrogens with one attached hydrogen (secondary N) is 1. The molecule has 0 saturated carbocycles. The highest BCUT2D eigenvalue weighted by Crippen LogP contribution is 2.09. The second-order valence-electron chi connectivity index (χ2n) is 3.26. The number of aliphatic hydroxyl groups excluding tert-OH is 1. The van der Waals surface area contributed by atoms with Crippen molar-refractivity contribution in [2.75, 3.05) is 32.8 Å². The maximum absolute atomic E-state index is 8.87. The molecule has 90 valence electrons. The van der Waals surface area contributed by atoms with E-state index in [0.717, 1.165) is 0 Å². The SMILES string of the molecule is COCC(CCO)Nc1ncc(OC)cn1. The standard InChI is InChI=1S/C10H17N3O3/c1-15-7-8(3-4-14)13-10-11-5-9(16-2)6-12-10/h5-6,8,14H,3-4,7H2,1-2H3,(H,11,12,13). The largest absolute Gasteiger partial charge is 0.494 e. The minimum atomic E-state index is 0.00314. The number of ether oxygens (including phenoxy) is 2. The van der Waals surface area contributed by atoms with E-state index < -0.39 is 0 Å². The van der Waals surface area contributed by atoms with Gasteiger partial charge in [0.05, 0.1) is 32.2 Å². The first kappa shape index (κ1) is 12.7. The van der Waals surface area contributed by atoms with E-state index in [2.05, 4.69) is 15.3 Å². The first-order valence-corrected chi connectivity index (χ1v) is 5.02. The molecule has 1 atom stereocenters. The quantitative estimate of drug-likeness (QED) is 0.697. The van der Waals surface area contributed by atoms with Gasteiger partial charge in [0.1, 0.15) is 0 Å². The number of anilines is 1. The van der Waals surface area contributed by atoms with Crippen LogP contribution >= 0.6 is 0 Å². The second kappa shape index (κ2) is 6.97. The molecule has 2 N–H and O–H groups in total. The molecule has 6 heteroatoms. The third-order valence-corrected chi connectivity index (χ3v) is 2.04. The summed E-state index contributed by atoms with van der Waals surface area (Å²) < 4.78 is 9.97. The van der Waals surface area contributed by atoms with Gasteiger partial charge in [-0.25, -0.2) is 9.97 Å². The summed E-state index contributed by atoms with van der Waals surface area (Å²) in [5, 5.41) is 11.9. The second-order valence-corrected chi connectivity index (χ2v) is 3.26. The van der Waals surface area contributed by atoms with E-state index in [-0.39, 0.29) is 12.6 Å². The van der Waals surface area contributed by atoms with Crippen LogP contribution in [-0.4, -0.2) is 48.5 Å². The summed E-state index contributed by atoms with van der Waals surface area (Å²) in [5.74, 6) is 1.10. The smallest absolute Gasteiger partial charge is 0.223 e. The highest BCUT2D eigenvalue weighted by atomic mass is 16.5. The van der Waals surface area contributed by atoms with Crippen LogP contribution in [0.25, 0.3) is 0 Å². The van der Waals surface area contributed by atoms with Crippen molar-refractivity contribution in [2.24, 2.45) is 0 Å². The summed E-state index contributed by atoms with van der Waals surface area (Å²) in [5.41, 5.74) is 0. The predicted octanol–water partition coefficient (Wildman–Crippen LogP) is 0.294. The monoisotopic (exact) mass is 227 g/mol. The van der Waals surface area contributed by atoms with E-state index in [0.29, 0.717) is 24.7 Å². The molecule has 0 spiro atoms. The molecule has 1 aromatic heterocycles. The molecule has 0 amide bonds. The fourth-order valence-electron chi connectivity index (χ4n) is 1.23. The zero-order valence-corrected chi connectivity index (χ0v) is 9.51. The number of nitrogens with zero attached hydrogens (tertiary/aromatic N) is 2. The van der Waals surface area contributed by atoms with Crippen LogP contribution in [0.4, 0.5) is 5.95 Å². The lowest BCUT2D eigenvalue weighted by atomic mass is 10.2. The molecule has 1 unspecified atom stereocenters. The number of aromatic nitrogens is 2. The Bertz CT molecular complexity index is 286. The van der Waals surface area contributed by atoms with Crippen molar-refractivity contribution in [2.45, 2.75) is 12.5 Å². The van der Waals surface area contributed by atoms with Gasteiger partial charge in [0.2, 0.25) is 5.95 Å². The molecule has 0 aliphatic carbocycles. The van der Waals surface area contributed by atoms with Crippen molar-refractivity contribution >= 4 is 5.95 Å². The number of aliphatic hydroxyl groups is 1. The molecule has 16 heavy (non-hydrogen) atoms. The summed E-state index contributed by atoms with van der Waals surface area (Å²) in [7, 11) is 3.17. The fourth-order valence-corrected chi connectivity index (χ4v) is 1.23. The predicted molar refractivity (Wildman–Crippen MR) is 59.6 cm³/mol. The Morgan fingerprint density at radius 3 is 2.56 bits per heavy atom. The van der Waals surface area contributed by atoms with Gasteiger partial charge < -0.3 is 19.9 Å². The van der Waals surface area contributed by atoms with Gasteiger partial charge in [-0.15, -0.1) is 0 Å². The molecule has 6 nitrogen and oxygen atoms in total. The van der Waals surface area contributed by atoms with E-state index >= 15 is 0 Å². The Morgan fingerprint density at radius 1 is 1.38 bits per heavy atom. The Hall–Kier alpha value is -1.40. The van der Waals surface area contributed by atoms with Crippen molar-refractivity contribution in [1.82, 2.24) is 9.97 Å². The van der Waals surface area contributed by atoms with Crippen LogP contribution in [0.5, 0.6) is 5.75 Å². The summed E-state index contributed by atoms with van der Waals surface area (Å²) in [4.78, 5) is 8.14. The van der Waals surface area contributed by atoms with Crippen molar-refractivity contribution in [3.63, 3.8) is 0 Å². The number of rotatable bonds is 7. The molecule has 1 rings (SSSR count). The summed E-state index contributed by atoms with van der Waals surface area (Å²) in [6, 6.07) is 0.00314. The highest BCUT2D eigenvalue weighted by Gasteiger charge is 2.08. The van der Waals surface area contributed by atoms with Crippen molar-refractivity contribution in [1.29, 1.82) is 0 Å². The summed E-state index contributed by atoms with van der Waals surface area (Å²) in [6.45, 7) is 0.590. The van der Waals surface area contributed by atoms with Gasteiger partial charge in [0.15, 0.2) is 5.75 Å². The third-order valence-electron chi connectivity index (χ3n) is 2.04. The lowest BCUT2D eigenvalue weighted by Crippen LogP contribution is -2.27. The van der Waals surface area contributed by atoms with E-state index in [4.69, 9.17) is 14.6 Å². The topological polar surface area (TPSA) is 76.5 Å². The van der Waals surface area contributed by atoms with Gasteiger partial charge in [-0.3, -0.25) is 0 Å². The number of hydrogen-bond acceptors (Lipinski definition) is 6. The molecular weight excluding hydrogens is 210 g/mol. The van der Waals surface area contributed by atoms with Crippen LogP contribution in [0.3, 0.4) is 0 Å². The van der Waals surface area contributed by atoms with Gasteiger partial charge in [0, 0.05) is 13.7 Å². The van der Waals surface area contributed by atoms with Crippen LogP contribution in [0.1, 0.15) is 6.42 Å². The van der Waals surface area contributed by atoms with Crippen molar-refractivity contribution in [3.8, 4) is 5.75 Å². The zero-order valence-electron chi connectivity index (χ0n) is 9.51. The van der Waals surface area contributed by atoms with Crippen LogP contribution in [0.2, 0.25) is 0 Å². The number of methoxy groups -OCH3 is 2.